The summed E-state index contributed by atoms with van der Waals surface area (Å²) in [5.74, 6) is 0.477. The molecule has 162 valence electrons. The Hall–Kier alpha value is -2.53. The number of nitrogens with zero attached hydrogens (tertiary/aromatic N) is 1. The third-order valence-corrected chi connectivity index (χ3v) is 4.73. The lowest BCUT2D eigenvalue weighted by Gasteiger charge is -2.31. The molecule has 2 amide bonds. The predicted molar refractivity (Wildman–Crippen MR) is 121 cm³/mol. The van der Waals surface area contributed by atoms with Crippen molar-refractivity contribution >= 4 is 23.4 Å². The van der Waals surface area contributed by atoms with Crippen LogP contribution in [0, 0.1) is 0 Å². The SMILES string of the molecule is C[C@@H](C(=O)NC(C)(C)C)N(Cc1ccccc1)C(=O)CCCOc1ccc(Cl)cc1. The van der Waals surface area contributed by atoms with E-state index in [0.717, 1.165) is 5.56 Å². The normalized spacial score (nSPS) is 12.2. The van der Waals surface area contributed by atoms with E-state index in [0.29, 0.717) is 36.8 Å². The molecule has 5 nitrogen and oxygen atoms in total. The van der Waals surface area contributed by atoms with E-state index < -0.39 is 6.04 Å². The van der Waals surface area contributed by atoms with Gasteiger partial charge in [0.2, 0.25) is 11.8 Å². The first kappa shape index (κ1) is 23.7. The second-order valence-corrected chi connectivity index (χ2v) is 8.76. The van der Waals surface area contributed by atoms with Crippen LogP contribution in [-0.4, -0.2) is 34.9 Å². The van der Waals surface area contributed by atoms with E-state index in [1.807, 2.05) is 51.1 Å². The van der Waals surface area contributed by atoms with Gasteiger partial charge in [-0.15, -0.1) is 0 Å². The highest BCUT2D eigenvalue weighted by Crippen LogP contribution is 2.17. The van der Waals surface area contributed by atoms with Gasteiger partial charge in [-0.05, 0) is 63.9 Å². The maximum Gasteiger partial charge on any atom is 0.242 e. The largest absolute Gasteiger partial charge is 0.494 e. The highest BCUT2D eigenvalue weighted by atomic mass is 35.5. The Morgan fingerprint density at radius 3 is 2.30 bits per heavy atom. The van der Waals surface area contributed by atoms with Crippen LogP contribution in [0.15, 0.2) is 54.6 Å². The molecule has 0 aromatic heterocycles. The van der Waals surface area contributed by atoms with Crippen molar-refractivity contribution in [3.63, 3.8) is 0 Å². The first-order chi connectivity index (χ1) is 14.2. The molecule has 0 saturated heterocycles. The Kier molecular flexibility index (Phi) is 8.72. The summed E-state index contributed by atoms with van der Waals surface area (Å²) in [4.78, 5) is 27.3. The molecule has 2 aromatic carbocycles. The fraction of sp³-hybridized carbons (Fsp3) is 0.417. The molecule has 6 heteroatoms. The van der Waals surface area contributed by atoms with E-state index in [9.17, 15) is 9.59 Å². The third-order valence-electron chi connectivity index (χ3n) is 4.48. The predicted octanol–water partition coefficient (Wildman–Crippen LogP) is 4.83. The summed E-state index contributed by atoms with van der Waals surface area (Å²) in [5.41, 5.74) is 0.623. The molecule has 0 aliphatic rings. The Bertz CT molecular complexity index is 817. The minimum absolute atomic E-state index is 0.0740. The van der Waals surface area contributed by atoms with Crippen LogP contribution in [0.1, 0.15) is 46.1 Å². The van der Waals surface area contributed by atoms with Gasteiger partial charge in [0.25, 0.3) is 0 Å². The van der Waals surface area contributed by atoms with Crippen molar-refractivity contribution in [2.24, 2.45) is 0 Å². The van der Waals surface area contributed by atoms with E-state index >= 15 is 0 Å². The third kappa shape index (κ3) is 8.07. The van der Waals surface area contributed by atoms with Gasteiger partial charge in [-0.25, -0.2) is 0 Å². The summed E-state index contributed by atoms with van der Waals surface area (Å²) in [7, 11) is 0. The van der Waals surface area contributed by atoms with E-state index in [-0.39, 0.29) is 17.4 Å². The van der Waals surface area contributed by atoms with E-state index in [1.165, 1.54) is 0 Å². The molecule has 0 radical (unpaired) electrons. The average Bonchev–Trinajstić information content (AvgIpc) is 2.69. The van der Waals surface area contributed by atoms with Crippen molar-refractivity contribution in [1.29, 1.82) is 0 Å². The fourth-order valence-corrected chi connectivity index (χ4v) is 3.05. The minimum Gasteiger partial charge on any atom is -0.494 e. The van der Waals surface area contributed by atoms with Gasteiger partial charge >= 0.3 is 0 Å². The number of benzene rings is 2. The zero-order valence-electron chi connectivity index (χ0n) is 18.2. The number of nitrogens with one attached hydrogen (secondary N) is 1. The van der Waals surface area contributed by atoms with Gasteiger partial charge in [-0.3, -0.25) is 9.59 Å². The number of hydrogen-bond donors (Lipinski definition) is 1. The Morgan fingerprint density at radius 1 is 1.07 bits per heavy atom. The van der Waals surface area contributed by atoms with Crippen molar-refractivity contribution in [2.75, 3.05) is 6.61 Å². The number of carbonyl (C=O) groups excluding carboxylic acids is 2. The molecule has 0 bridgehead atoms. The smallest absolute Gasteiger partial charge is 0.242 e. The van der Waals surface area contributed by atoms with Crippen LogP contribution in [0.25, 0.3) is 0 Å². The van der Waals surface area contributed by atoms with Crippen LogP contribution < -0.4 is 10.1 Å². The number of rotatable bonds is 9. The Labute approximate surface area is 184 Å². The molecule has 1 N–H and O–H groups in total. The zero-order chi connectivity index (χ0) is 22.1. The molecule has 0 unspecified atom stereocenters. The molecule has 0 aliphatic carbocycles. The van der Waals surface area contributed by atoms with Gasteiger partial charge in [0, 0.05) is 23.5 Å². The highest BCUT2D eigenvalue weighted by Gasteiger charge is 2.28. The van der Waals surface area contributed by atoms with Crippen LogP contribution in [0.2, 0.25) is 5.02 Å². The van der Waals surface area contributed by atoms with Crippen molar-refractivity contribution in [2.45, 2.75) is 58.7 Å². The first-order valence-electron chi connectivity index (χ1n) is 10.2. The molecule has 0 spiro atoms. The van der Waals surface area contributed by atoms with Gasteiger partial charge in [-0.2, -0.15) is 0 Å². The van der Waals surface area contributed by atoms with Crippen LogP contribution in [0.3, 0.4) is 0 Å². The van der Waals surface area contributed by atoms with Crippen molar-refractivity contribution in [3.05, 3.63) is 65.2 Å². The molecule has 0 fully saturated rings. The number of carbonyl (C=O) groups is 2. The Balaban J connectivity index is 1.98. The molecule has 30 heavy (non-hydrogen) atoms. The quantitative estimate of drug-likeness (QED) is 0.579. The zero-order valence-corrected chi connectivity index (χ0v) is 18.9. The topological polar surface area (TPSA) is 58.6 Å². The van der Waals surface area contributed by atoms with Crippen LogP contribution in [-0.2, 0) is 16.1 Å². The molecule has 1 atom stereocenters. The molecule has 0 heterocycles. The summed E-state index contributed by atoms with van der Waals surface area (Å²) >= 11 is 5.87. The molecule has 0 saturated carbocycles. The van der Waals surface area contributed by atoms with Crippen molar-refractivity contribution < 1.29 is 14.3 Å². The molecule has 2 rings (SSSR count). The van der Waals surface area contributed by atoms with Crippen molar-refractivity contribution in [1.82, 2.24) is 10.2 Å². The van der Waals surface area contributed by atoms with E-state index in [1.54, 1.807) is 36.1 Å². The lowest BCUT2D eigenvalue weighted by Crippen LogP contribution is -2.52. The number of amides is 2. The van der Waals surface area contributed by atoms with Gasteiger partial charge in [-0.1, -0.05) is 41.9 Å². The number of ether oxygens (including phenoxy) is 1. The Morgan fingerprint density at radius 2 is 1.70 bits per heavy atom. The standard InChI is InChI=1S/C24H31ClN2O3/c1-18(23(29)26-24(2,3)4)27(17-19-9-6-5-7-10-19)22(28)11-8-16-30-21-14-12-20(25)13-15-21/h5-7,9-10,12-15,18H,8,11,16-17H2,1-4H3,(H,26,29)/t18-/m0/s1. The van der Waals surface area contributed by atoms with E-state index in [2.05, 4.69) is 5.32 Å². The summed E-state index contributed by atoms with van der Waals surface area (Å²) in [6.07, 6.45) is 0.855. The molecular weight excluding hydrogens is 400 g/mol. The number of hydrogen-bond acceptors (Lipinski definition) is 3. The van der Waals surface area contributed by atoms with E-state index in [4.69, 9.17) is 16.3 Å². The molecular formula is C24H31ClN2O3. The molecule has 2 aromatic rings. The highest BCUT2D eigenvalue weighted by molar-refractivity contribution is 6.30. The van der Waals surface area contributed by atoms with Crippen LogP contribution >= 0.6 is 11.6 Å². The van der Waals surface area contributed by atoms with Gasteiger partial charge in [0.1, 0.15) is 11.8 Å². The van der Waals surface area contributed by atoms with Crippen LogP contribution in [0.4, 0.5) is 0 Å². The van der Waals surface area contributed by atoms with Gasteiger partial charge in [0.15, 0.2) is 0 Å². The maximum absolute atomic E-state index is 13.0. The van der Waals surface area contributed by atoms with Crippen molar-refractivity contribution in [3.8, 4) is 5.75 Å². The summed E-state index contributed by atoms with van der Waals surface area (Å²) in [6, 6.07) is 16.2. The van der Waals surface area contributed by atoms with Gasteiger partial charge < -0.3 is 15.0 Å². The van der Waals surface area contributed by atoms with Gasteiger partial charge in [0.05, 0.1) is 6.61 Å². The van der Waals surface area contributed by atoms with Crippen LogP contribution in [0.5, 0.6) is 5.75 Å². The average molecular weight is 431 g/mol. The summed E-state index contributed by atoms with van der Waals surface area (Å²) < 4.78 is 5.67. The second kappa shape index (κ2) is 11.0. The number of halogens is 1. The monoisotopic (exact) mass is 430 g/mol. The minimum atomic E-state index is -0.575. The fourth-order valence-electron chi connectivity index (χ4n) is 2.92. The maximum atomic E-state index is 13.0. The lowest BCUT2D eigenvalue weighted by molar-refractivity contribution is -0.141. The summed E-state index contributed by atoms with van der Waals surface area (Å²) in [6.45, 7) is 8.34. The second-order valence-electron chi connectivity index (χ2n) is 8.33. The molecule has 0 aliphatic heterocycles. The summed E-state index contributed by atoms with van der Waals surface area (Å²) in [5, 5.41) is 3.61. The first-order valence-corrected chi connectivity index (χ1v) is 10.6. The lowest BCUT2D eigenvalue weighted by atomic mass is 10.1.